The molecule has 1 N–H and O–H groups in total. The van der Waals surface area contributed by atoms with Gasteiger partial charge in [0, 0.05) is 6.04 Å². The molecular weight excluding hydrogens is 310 g/mol. The summed E-state index contributed by atoms with van der Waals surface area (Å²) in [5, 5.41) is 0. The van der Waals surface area contributed by atoms with Crippen molar-refractivity contribution in [3.8, 4) is 5.75 Å². The van der Waals surface area contributed by atoms with Crippen molar-refractivity contribution >= 4 is 10.0 Å². The van der Waals surface area contributed by atoms with E-state index in [9.17, 15) is 8.42 Å². The molecule has 0 heterocycles. The van der Waals surface area contributed by atoms with Gasteiger partial charge >= 0.3 is 0 Å². The zero-order chi connectivity index (χ0) is 16.7. The summed E-state index contributed by atoms with van der Waals surface area (Å²) >= 11 is 0. The molecule has 5 heteroatoms. The second kappa shape index (κ2) is 8.13. The summed E-state index contributed by atoms with van der Waals surface area (Å²) in [6.45, 7) is 4.57. The molecule has 0 saturated carbocycles. The third-order valence-electron chi connectivity index (χ3n) is 3.53. The van der Waals surface area contributed by atoms with Gasteiger partial charge in [-0.15, -0.1) is 0 Å². The van der Waals surface area contributed by atoms with Crippen molar-refractivity contribution in [2.75, 3.05) is 6.61 Å². The number of unbranched alkanes of at least 4 members (excludes halogenated alkanes) is 1. The topological polar surface area (TPSA) is 55.4 Å². The third kappa shape index (κ3) is 5.08. The van der Waals surface area contributed by atoms with Crippen molar-refractivity contribution in [1.82, 2.24) is 4.72 Å². The van der Waals surface area contributed by atoms with Gasteiger partial charge in [0.2, 0.25) is 10.0 Å². The summed E-state index contributed by atoms with van der Waals surface area (Å²) in [5.74, 6) is 0.688. The zero-order valence-corrected chi connectivity index (χ0v) is 14.3. The second-order valence-corrected chi connectivity index (χ2v) is 7.14. The molecule has 0 spiro atoms. The lowest BCUT2D eigenvalue weighted by Gasteiger charge is -2.15. The Morgan fingerprint density at radius 3 is 2.30 bits per heavy atom. The predicted molar refractivity (Wildman–Crippen MR) is 92.0 cm³/mol. The molecule has 0 amide bonds. The van der Waals surface area contributed by atoms with Crippen LogP contribution in [0.15, 0.2) is 59.5 Å². The molecule has 0 radical (unpaired) electrons. The van der Waals surface area contributed by atoms with Crippen molar-refractivity contribution < 1.29 is 13.2 Å². The minimum Gasteiger partial charge on any atom is -0.494 e. The lowest BCUT2D eigenvalue weighted by atomic mass is 10.1. The molecule has 0 aromatic heterocycles. The van der Waals surface area contributed by atoms with Gasteiger partial charge in [0.05, 0.1) is 11.5 Å². The molecule has 0 bridgehead atoms. The van der Waals surface area contributed by atoms with E-state index in [0.717, 1.165) is 18.4 Å². The number of benzene rings is 2. The van der Waals surface area contributed by atoms with E-state index in [-0.39, 0.29) is 10.9 Å². The fourth-order valence-electron chi connectivity index (χ4n) is 2.16. The number of hydrogen-bond donors (Lipinski definition) is 1. The lowest BCUT2D eigenvalue weighted by Crippen LogP contribution is -2.26. The Hall–Kier alpha value is -1.85. The molecule has 0 aliphatic heterocycles. The fourth-order valence-corrected chi connectivity index (χ4v) is 3.39. The quantitative estimate of drug-likeness (QED) is 0.745. The van der Waals surface area contributed by atoms with E-state index in [0.29, 0.717) is 12.4 Å². The van der Waals surface area contributed by atoms with Gasteiger partial charge in [-0.2, -0.15) is 0 Å². The molecule has 2 aromatic carbocycles. The number of sulfonamides is 1. The Labute approximate surface area is 138 Å². The maximum atomic E-state index is 12.4. The first kappa shape index (κ1) is 17.5. The molecule has 4 nitrogen and oxygen atoms in total. The number of nitrogens with one attached hydrogen (secondary N) is 1. The molecule has 0 aliphatic carbocycles. The summed E-state index contributed by atoms with van der Waals surface area (Å²) < 4.78 is 33.1. The summed E-state index contributed by atoms with van der Waals surface area (Å²) in [7, 11) is -3.56. The van der Waals surface area contributed by atoms with Gasteiger partial charge in [0.25, 0.3) is 0 Å². The van der Waals surface area contributed by atoms with Crippen LogP contribution in [-0.4, -0.2) is 15.0 Å². The highest BCUT2D eigenvalue weighted by Crippen LogP contribution is 2.19. The molecule has 2 aromatic rings. The lowest BCUT2D eigenvalue weighted by molar-refractivity contribution is 0.309. The Balaban J connectivity index is 2.04. The first-order valence-corrected chi connectivity index (χ1v) is 9.31. The van der Waals surface area contributed by atoms with Crippen LogP contribution >= 0.6 is 0 Å². The SMILES string of the molecule is CCCCOc1ccc(S(=O)(=O)N[C@@H](C)c2ccccc2)cc1. The number of rotatable bonds is 8. The fraction of sp³-hybridized carbons (Fsp3) is 0.333. The molecule has 0 saturated heterocycles. The predicted octanol–water partition coefficient (Wildman–Crippen LogP) is 3.91. The summed E-state index contributed by atoms with van der Waals surface area (Å²) in [4.78, 5) is 0.239. The highest BCUT2D eigenvalue weighted by molar-refractivity contribution is 7.89. The smallest absolute Gasteiger partial charge is 0.241 e. The number of ether oxygens (including phenoxy) is 1. The highest BCUT2D eigenvalue weighted by atomic mass is 32.2. The summed E-state index contributed by atoms with van der Waals surface area (Å²) in [6, 6.07) is 15.7. The average molecular weight is 333 g/mol. The van der Waals surface area contributed by atoms with Gasteiger partial charge in [-0.3, -0.25) is 0 Å². The Morgan fingerprint density at radius 2 is 1.70 bits per heavy atom. The first-order valence-electron chi connectivity index (χ1n) is 7.83. The van der Waals surface area contributed by atoms with E-state index in [1.54, 1.807) is 24.3 Å². The van der Waals surface area contributed by atoms with Crippen LogP contribution in [-0.2, 0) is 10.0 Å². The zero-order valence-electron chi connectivity index (χ0n) is 13.5. The van der Waals surface area contributed by atoms with Crippen LogP contribution in [0.1, 0.15) is 38.3 Å². The molecular formula is C18H23NO3S. The van der Waals surface area contributed by atoms with Crippen molar-refractivity contribution in [3.05, 3.63) is 60.2 Å². The van der Waals surface area contributed by atoms with E-state index >= 15 is 0 Å². The number of hydrogen-bond acceptors (Lipinski definition) is 3. The van der Waals surface area contributed by atoms with Crippen LogP contribution in [0.5, 0.6) is 5.75 Å². The Morgan fingerprint density at radius 1 is 1.04 bits per heavy atom. The van der Waals surface area contributed by atoms with Crippen LogP contribution in [0.25, 0.3) is 0 Å². The Bertz CT molecular complexity index is 697. The van der Waals surface area contributed by atoms with Gasteiger partial charge in [0.15, 0.2) is 0 Å². The van der Waals surface area contributed by atoms with E-state index in [2.05, 4.69) is 11.6 Å². The van der Waals surface area contributed by atoms with E-state index < -0.39 is 10.0 Å². The second-order valence-electron chi connectivity index (χ2n) is 5.43. The maximum absolute atomic E-state index is 12.4. The molecule has 2 rings (SSSR count). The van der Waals surface area contributed by atoms with Crippen molar-refractivity contribution in [1.29, 1.82) is 0 Å². The van der Waals surface area contributed by atoms with E-state index in [1.165, 1.54) is 0 Å². The maximum Gasteiger partial charge on any atom is 0.241 e. The Kier molecular flexibility index (Phi) is 6.19. The summed E-state index contributed by atoms with van der Waals surface area (Å²) in [6.07, 6.45) is 2.05. The molecule has 0 aliphatic rings. The van der Waals surface area contributed by atoms with E-state index in [1.807, 2.05) is 37.3 Å². The van der Waals surface area contributed by atoms with Gasteiger partial charge in [-0.1, -0.05) is 43.7 Å². The van der Waals surface area contributed by atoms with Gasteiger partial charge in [-0.05, 0) is 43.2 Å². The molecule has 23 heavy (non-hydrogen) atoms. The normalized spacial score (nSPS) is 12.8. The van der Waals surface area contributed by atoms with Crippen molar-refractivity contribution in [3.63, 3.8) is 0 Å². The van der Waals surface area contributed by atoms with Gasteiger partial charge in [0.1, 0.15) is 5.75 Å². The molecule has 0 unspecified atom stereocenters. The van der Waals surface area contributed by atoms with Crippen LogP contribution in [0.2, 0.25) is 0 Å². The minimum atomic E-state index is -3.56. The minimum absolute atomic E-state index is 0.239. The third-order valence-corrected chi connectivity index (χ3v) is 5.09. The van der Waals surface area contributed by atoms with Crippen LogP contribution in [0, 0.1) is 0 Å². The van der Waals surface area contributed by atoms with Gasteiger partial charge < -0.3 is 4.74 Å². The van der Waals surface area contributed by atoms with Crippen LogP contribution in [0.3, 0.4) is 0 Å². The van der Waals surface area contributed by atoms with Crippen molar-refractivity contribution in [2.45, 2.75) is 37.6 Å². The largest absolute Gasteiger partial charge is 0.494 e. The van der Waals surface area contributed by atoms with Crippen molar-refractivity contribution in [2.24, 2.45) is 0 Å². The van der Waals surface area contributed by atoms with Gasteiger partial charge in [-0.25, -0.2) is 13.1 Å². The molecule has 0 fully saturated rings. The highest BCUT2D eigenvalue weighted by Gasteiger charge is 2.18. The average Bonchev–Trinajstić information content (AvgIpc) is 2.56. The first-order chi connectivity index (χ1) is 11.0. The van der Waals surface area contributed by atoms with Crippen LogP contribution in [0.4, 0.5) is 0 Å². The van der Waals surface area contributed by atoms with Crippen LogP contribution < -0.4 is 9.46 Å². The standard InChI is InChI=1S/C18H23NO3S/c1-3-4-14-22-17-10-12-18(13-11-17)23(20,21)19-15(2)16-8-6-5-7-9-16/h5-13,15,19H,3-4,14H2,1-2H3/t15-/m0/s1. The monoisotopic (exact) mass is 333 g/mol. The molecule has 124 valence electrons. The summed E-state index contributed by atoms with van der Waals surface area (Å²) in [5.41, 5.74) is 0.926. The molecule has 1 atom stereocenters. The van der Waals surface area contributed by atoms with E-state index in [4.69, 9.17) is 4.74 Å².